The van der Waals surface area contributed by atoms with Crippen molar-refractivity contribution in [3.05, 3.63) is 64.7 Å². The van der Waals surface area contributed by atoms with Crippen molar-refractivity contribution < 1.29 is 13.2 Å². The highest BCUT2D eigenvalue weighted by atomic mass is 35.5. The average Bonchev–Trinajstić information content (AvgIpc) is 2.71. The zero-order valence-corrected chi connectivity index (χ0v) is 17.4. The summed E-state index contributed by atoms with van der Waals surface area (Å²) in [4.78, 5) is 12.6. The minimum Gasteiger partial charge on any atom is -0.326 e. The summed E-state index contributed by atoms with van der Waals surface area (Å²) >= 11 is 5.86. The molecule has 0 spiro atoms. The van der Waals surface area contributed by atoms with Gasteiger partial charge in [0.05, 0.1) is 24.2 Å². The number of hydrogen-bond donors (Lipinski definition) is 1. The van der Waals surface area contributed by atoms with Crippen molar-refractivity contribution >= 4 is 33.2 Å². The Kier molecular flexibility index (Phi) is 6.91. The third-order valence-electron chi connectivity index (χ3n) is 4.92. The molecule has 1 aliphatic heterocycles. The maximum atomic E-state index is 12.8. The molecule has 0 saturated carbocycles. The van der Waals surface area contributed by atoms with Crippen molar-refractivity contribution in [2.24, 2.45) is 5.92 Å². The van der Waals surface area contributed by atoms with E-state index in [2.05, 4.69) is 11.4 Å². The van der Waals surface area contributed by atoms with Crippen LogP contribution >= 0.6 is 11.6 Å². The van der Waals surface area contributed by atoms with Crippen LogP contribution in [0.15, 0.2) is 48.5 Å². The summed E-state index contributed by atoms with van der Waals surface area (Å²) in [6.07, 6.45) is 1.60. The minimum atomic E-state index is -3.52. The van der Waals surface area contributed by atoms with Gasteiger partial charge >= 0.3 is 0 Å². The number of anilines is 1. The topological polar surface area (TPSA) is 90.3 Å². The smallest absolute Gasteiger partial charge is 0.228 e. The van der Waals surface area contributed by atoms with E-state index >= 15 is 0 Å². The lowest BCUT2D eigenvalue weighted by Gasteiger charge is -2.31. The number of piperidine rings is 1. The summed E-state index contributed by atoms with van der Waals surface area (Å²) in [7, 11) is -3.52. The molecule has 0 unspecified atom stereocenters. The molecule has 1 aliphatic rings. The molecular formula is C21H22ClN3O3S. The van der Waals surface area contributed by atoms with Gasteiger partial charge in [-0.15, -0.1) is 0 Å². The summed E-state index contributed by atoms with van der Waals surface area (Å²) in [5.74, 6) is -0.703. The first kappa shape index (κ1) is 21.3. The van der Waals surface area contributed by atoms with Crippen molar-refractivity contribution in [2.45, 2.75) is 25.0 Å². The highest BCUT2D eigenvalue weighted by Gasteiger charge is 2.32. The Labute approximate surface area is 176 Å². The molecule has 0 radical (unpaired) electrons. The van der Waals surface area contributed by atoms with E-state index in [-0.39, 0.29) is 18.2 Å². The second-order valence-electron chi connectivity index (χ2n) is 7.10. The Hall–Kier alpha value is -2.40. The van der Waals surface area contributed by atoms with Gasteiger partial charge in [0.2, 0.25) is 15.9 Å². The third kappa shape index (κ3) is 5.80. The van der Waals surface area contributed by atoms with Gasteiger partial charge in [0.25, 0.3) is 0 Å². The monoisotopic (exact) mass is 431 g/mol. The molecule has 8 heteroatoms. The number of nitrogens with zero attached hydrogens (tertiary/aromatic N) is 2. The van der Waals surface area contributed by atoms with E-state index in [1.807, 2.05) is 0 Å². The molecular weight excluding hydrogens is 410 g/mol. The van der Waals surface area contributed by atoms with Crippen LogP contribution in [0.25, 0.3) is 0 Å². The molecule has 1 N–H and O–H groups in total. The van der Waals surface area contributed by atoms with E-state index in [0.717, 1.165) is 5.56 Å². The number of nitriles is 1. The summed E-state index contributed by atoms with van der Waals surface area (Å²) in [6, 6.07) is 15.9. The van der Waals surface area contributed by atoms with E-state index < -0.39 is 15.9 Å². The van der Waals surface area contributed by atoms with Crippen LogP contribution in [0.4, 0.5) is 5.69 Å². The van der Waals surface area contributed by atoms with E-state index in [1.54, 1.807) is 48.5 Å². The molecule has 0 aromatic heterocycles. The summed E-state index contributed by atoms with van der Waals surface area (Å²) in [6.45, 7) is 0.594. The van der Waals surface area contributed by atoms with Crippen LogP contribution in [0.2, 0.25) is 5.02 Å². The normalized spacial score (nSPS) is 17.4. The second-order valence-corrected chi connectivity index (χ2v) is 9.51. The molecule has 0 aliphatic carbocycles. The van der Waals surface area contributed by atoms with Gasteiger partial charge in [-0.2, -0.15) is 5.26 Å². The number of amides is 1. The molecule has 1 heterocycles. The molecule has 2 aromatic rings. The van der Waals surface area contributed by atoms with Crippen molar-refractivity contribution in [1.82, 2.24) is 4.31 Å². The lowest BCUT2D eigenvalue weighted by atomic mass is 9.98. The lowest BCUT2D eigenvalue weighted by molar-refractivity contribution is -0.120. The SMILES string of the molecule is N#CCc1ccc(NC(=O)[C@H]2CCCN(S(=O)(=O)Cc3ccc(Cl)cc3)C2)cc1. The fourth-order valence-corrected chi connectivity index (χ4v) is 5.07. The molecule has 1 amide bonds. The molecule has 152 valence electrons. The Bertz CT molecular complexity index is 999. The van der Waals surface area contributed by atoms with Crippen molar-refractivity contribution in [1.29, 1.82) is 5.26 Å². The van der Waals surface area contributed by atoms with E-state index in [1.165, 1.54) is 4.31 Å². The Balaban J connectivity index is 1.62. The van der Waals surface area contributed by atoms with E-state index in [9.17, 15) is 13.2 Å². The zero-order chi connectivity index (χ0) is 20.9. The number of carbonyl (C=O) groups is 1. The maximum Gasteiger partial charge on any atom is 0.228 e. The quantitative estimate of drug-likeness (QED) is 0.756. The number of benzene rings is 2. The third-order valence-corrected chi connectivity index (χ3v) is 6.98. The first-order chi connectivity index (χ1) is 13.9. The minimum absolute atomic E-state index is 0.112. The van der Waals surface area contributed by atoms with Gasteiger partial charge in [0.1, 0.15) is 0 Å². The highest BCUT2D eigenvalue weighted by molar-refractivity contribution is 7.88. The van der Waals surface area contributed by atoms with Crippen LogP contribution < -0.4 is 5.32 Å². The summed E-state index contributed by atoms with van der Waals surface area (Å²) < 4.78 is 27.0. The van der Waals surface area contributed by atoms with E-state index in [0.29, 0.717) is 42.1 Å². The van der Waals surface area contributed by atoms with Crippen LogP contribution in [-0.2, 0) is 27.0 Å². The largest absolute Gasteiger partial charge is 0.326 e. The predicted molar refractivity (Wildman–Crippen MR) is 113 cm³/mol. The molecule has 29 heavy (non-hydrogen) atoms. The van der Waals surface area contributed by atoms with Crippen molar-refractivity contribution in [3.8, 4) is 6.07 Å². The van der Waals surface area contributed by atoms with Gasteiger partial charge < -0.3 is 5.32 Å². The number of carbonyl (C=O) groups excluding carboxylic acids is 1. The first-order valence-corrected chi connectivity index (χ1v) is 11.3. The average molecular weight is 432 g/mol. The van der Waals surface area contributed by atoms with E-state index in [4.69, 9.17) is 16.9 Å². The van der Waals surface area contributed by atoms with Gasteiger partial charge in [-0.3, -0.25) is 4.79 Å². The van der Waals surface area contributed by atoms with Crippen molar-refractivity contribution in [3.63, 3.8) is 0 Å². The summed E-state index contributed by atoms with van der Waals surface area (Å²) in [5.41, 5.74) is 2.18. The fourth-order valence-electron chi connectivity index (χ4n) is 3.33. The van der Waals surface area contributed by atoms with Gasteiger partial charge in [-0.25, -0.2) is 12.7 Å². The van der Waals surface area contributed by atoms with Crippen LogP contribution in [0.3, 0.4) is 0 Å². The molecule has 1 fully saturated rings. The van der Waals surface area contributed by atoms with Crippen LogP contribution in [0.1, 0.15) is 24.0 Å². The Morgan fingerprint density at radius 3 is 2.45 bits per heavy atom. The zero-order valence-electron chi connectivity index (χ0n) is 15.8. The molecule has 2 aromatic carbocycles. The number of rotatable bonds is 6. The van der Waals surface area contributed by atoms with Gasteiger partial charge in [-0.05, 0) is 48.2 Å². The van der Waals surface area contributed by atoms with Gasteiger partial charge in [-0.1, -0.05) is 35.9 Å². The second kappa shape index (κ2) is 9.40. The number of halogens is 1. The maximum absolute atomic E-state index is 12.8. The lowest BCUT2D eigenvalue weighted by Crippen LogP contribution is -2.44. The van der Waals surface area contributed by atoms with Crippen LogP contribution in [-0.4, -0.2) is 31.7 Å². The molecule has 3 rings (SSSR count). The fraction of sp³-hybridized carbons (Fsp3) is 0.333. The molecule has 0 bridgehead atoms. The number of sulfonamides is 1. The predicted octanol–water partition coefficient (Wildman–Crippen LogP) is 3.59. The number of hydrogen-bond acceptors (Lipinski definition) is 4. The first-order valence-electron chi connectivity index (χ1n) is 9.36. The molecule has 6 nitrogen and oxygen atoms in total. The van der Waals surface area contributed by atoms with Gasteiger partial charge in [0, 0.05) is 23.8 Å². The molecule has 1 atom stereocenters. The Morgan fingerprint density at radius 1 is 1.14 bits per heavy atom. The van der Waals surface area contributed by atoms with Crippen LogP contribution in [0.5, 0.6) is 0 Å². The van der Waals surface area contributed by atoms with Gasteiger partial charge in [0.15, 0.2) is 0 Å². The number of nitrogens with one attached hydrogen (secondary N) is 1. The Morgan fingerprint density at radius 2 is 1.79 bits per heavy atom. The van der Waals surface area contributed by atoms with Crippen LogP contribution in [0, 0.1) is 17.2 Å². The standard InChI is InChI=1S/C21H22ClN3O3S/c22-19-7-3-17(4-8-19)15-29(27,28)25-13-1-2-18(14-25)21(26)24-20-9-5-16(6-10-20)11-12-23/h3-10,18H,1-2,11,13-15H2,(H,24,26)/t18-/m0/s1. The highest BCUT2D eigenvalue weighted by Crippen LogP contribution is 2.23. The molecule has 1 saturated heterocycles. The van der Waals surface area contributed by atoms with Crippen molar-refractivity contribution in [2.75, 3.05) is 18.4 Å². The summed E-state index contributed by atoms with van der Waals surface area (Å²) in [5, 5.41) is 12.1.